The van der Waals surface area contributed by atoms with Gasteiger partial charge in [0.15, 0.2) is 11.0 Å². The fourth-order valence-electron chi connectivity index (χ4n) is 4.67. The maximum absolute atomic E-state index is 13.1. The number of likely N-dealkylation sites (N-methyl/N-ethyl adjacent to an activating group) is 1. The molecule has 4 heterocycles. The summed E-state index contributed by atoms with van der Waals surface area (Å²) in [6, 6.07) is 10.7. The van der Waals surface area contributed by atoms with Gasteiger partial charge in [-0.1, -0.05) is 11.6 Å². The molecule has 2 aromatic heterocycles. The van der Waals surface area contributed by atoms with Crippen LogP contribution >= 0.6 is 11.6 Å². The molecule has 0 spiro atoms. The molecule has 0 radical (unpaired) electrons. The number of carbonyl (C=O) groups is 2. The van der Waals surface area contributed by atoms with Crippen LogP contribution < -0.4 is 15.5 Å². The van der Waals surface area contributed by atoms with E-state index in [4.69, 9.17) is 11.6 Å². The van der Waals surface area contributed by atoms with Crippen molar-refractivity contribution in [2.24, 2.45) is 0 Å². The number of rotatable bonds is 4. The first kappa shape index (κ1) is 24.1. The third-order valence-corrected chi connectivity index (χ3v) is 7.25. The number of nitrogens with one attached hydrogen (secondary N) is 3. The van der Waals surface area contributed by atoms with Gasteiger partial charge in [0.2, 0.25) is 0 Å². The Morgan fingerprint density at radius 2 is 1.78 bits per heavy atom. The van der Waals surface area contributed by atoms with Crippen LogP contribution in [0.4, 0.5) is 22.0 Å². The van der Waals surface area contributed by atoms with Crippen LogP contribution in [0.2, 0.25) is 5.15 Å². The standard InChI is InChI=1S/C25H29ClN8O2/c1-25(2)20-18(15-34(25)24(36)28-19-5-4-10-27-21(19)26)22(31-30-20)29-23(35)16-6-8-17(9-7-16)33-13-11-32(3)12-14-33/h4-10H,11-15H2,1-3H3,(H,28,36)(H2,29,30,31,35). The summed E-state index contributed by atoms with van der Waals surface area (Å²) in [7, 11) is 2.12. The monoisotopic (exact) mass is 508 g/mol. The summed E-state index contributed by atoms with van der Waals surface area (Å²) >= 11 is 6.10. The highest BCUT2D eigenvalue weighted by Gasteiger charge is 2.44. The number of fused-ring (bicyclic) bond motifs is 1. The Morgan fingerprint density at radius 1 is 1.06 bits per heavy atom. The summed E-state index contributed by atoms with van der Waals surface area (Å²) in [4.78, 5) is 36.4. The number of piperazine rings is 1. The van der Waals surface area contributed by atoms with E-state index in [1.54, 1.807) is 23.2 Å². The summed E-state index contributed by atoms with van der Waals surface area (Å²) in [5, 5.41) is 13.3. The first-order valence-electron chi connectivity index (χ1n) is 11.9. The van der Waals surface area contributed by atoms with Gasteiger partial charge in [-0.25, -0.2) is 9.78 Å². The van der Waals surface area contributed by atoms with Gasteiger partial charge in [0, 0.05) is 49.2 Å². The average molecular weight is 509 g/mol. The van der Waals surface area contributed by atoms with E-state index in [1.165, 1.54) is 0 Å². The molecule has 5 rings (SSSR count). The second kappa shape index (κ2) is 9.44. The van der Waals surface area contributed by atoms with Gasteiger partial charge in [-0.2, -0.15) is 5.10 Å². The largest absolute Gasteiger partial charge is 0.369 e. The van der Waals surface area contributed by atoms with Crippen molar-refractivity contribution < 1.29 is 9.59 Å². The van der Waals surface area contributed by atoms with Crippen molar-refractivity contribution in [1.82, 2.24) is 25.0 Å². The fourth-order valence-corrected chi connectivity index (χ4v) is 4.84. The first-order chi connectivity index (χ1) is 17.2. The number of H-pyrrole nitrogens is 1. The summed E-state index contributed by atoms with van der Waals surface area (Å²) in [5.74, 6) is 0.165. The fraction of sp³-hybridized carbons (Fsp3) is 0.360. The number of hydrogen-bond acceptors (Lipinski definition) is 6. The molecule has 1 saturated heterocycles. The van der Waals surface area contributed by atoms with Gasteiger partial charge < -0.3 is 25.3 Å². The molecular weight excluding hydrogens is 480 g/mol. The van der Waals surface area contributed by atoms with E-state index >= 15 is 0 Å². The van der Waals surface area contributed by atoms with Crippen molar-refractivity contribution in [2.75, 3.05) is 48.8 Å². The van der Waals surface area contributed by atoms with E-state index in [1.807, 2.05) is 38.1 Å². The number of halogens is 1. The summed E-state index contributed by atoms with van der Waals surface area (Å²) in [6.07, 6.45) is 1.56. The highest BCUT2D eigenvalue weighted by molar-refractivity contribution is 6.32. The van der Waals surface area contributed by atoms with Crippen molar-refractivity contribution in [1.29, 1.82) is 0 Å². The lowest BCUT2D eigenvalue weighted by atomic mass is 10.0. The Labute approximate surface area is 214 Å². The summed E-state index contributed by atoms with van der Waals surface area (Å²) < 4.78 is 0. The molecule has 0 bridgehead atoms. The van der Waals surface area contributed by atoms with Gasteiger partial charge in [0.1, 0.15) is 0 Å². The number of urea groups is 1. The van der Waals surface area contributed by atoms with Gasteiger partial charge in [-0.05, 0) is 57.3 Å². The molecule has 3 amide bonds. The van der Waals surface area contributed by atoms with Crippen LogP contribution in [-0.4, -0.2) is 70.1 Å². The zero-order valence-electron chi connectivity index (χ0n) is 20.5. The molecule has 2 aliphatic heterocycles. The lowest BCUT2D eigenvalue weighted by Gasteiger charge is -2.34. The van der Waals surface area contributed by atoms with E-state index in [2.05, 4.69) is 42.7 Å². The number of nitrogens with zero attached hydrogens (tertiary/aromatic N) is 5. The second-order valence-corrected chi connectivity index (χ2v) is 9.99. The van der Waals surface area contributed by atoms with Crippen LogP contribution in [-0.2, 0) is 12.1 Å². The molecule has 1 fully saturated rings. The van der Waals surface area contributed by atoms with Gasteiger partial charge in [0.05, 0.1) is 23.5 Å². The smallest absolute Gasteiger partial charge is 0.323 e. The molecule has 3 aromatic rings. The Hall–Kier alpha value is -3.63. The molecule has 0 unspecified atom stereocenters. The van der Waals surface area contributed by atoms with Crippen molar-refractivity contribution in [3.8, 4) is 0 Å². The predicted molar refractivity (Wildman–Crippen MR) is 140 cm³/mol. The van der Waals surface area contributed by atoms with Crippen molar-refractivity contribution in [3.05, 3.63) is 64.6 Å². The topological polar surface area (TPSA) is 109 Å². The van der Waals surface area contributed by atoms with E-state index in [0.29, 0.717) is 17.1 Å². The number of pyridine rings is 1. The Balaban J connectivity index is 1.27. The molecule has 11 heteroatoms. The number of benzene rings is 1. The van der Waals surface area contributed by atoms with Crippen molar-refractivity contribution in [3.63, 3.8) is 0 Å². The third kappa shape index (κ3) is 4.49. The Bertz CT molecular complexity index is 1280. The van der Waals surface area contributed by atoms with Crippen molar-refractivity contribution >= 4 is 40.7 Å². The molecule has 188 valence electrons. The quantitative estimate of drug-likeness (QED) is 0.463. The number of aromatic amines is 1. The van der Waals surface area contributed by atoms with E-state index in [-0.39, 0.29) is 23.6 Å². The maximum Gasteiger partial charge on any atom is 0.323 e. The maximum atomic E-state index is 13.1. The highest BCUT2D eigenvalue weighted by atomic mass is 35.5. The molecule has 0 saturated carbocycles. The number of amides is 3. The number of anilines is 3. The van der Waals surface area contributed by atoms with Gasteiger partial charge >= 0.3 is 6.03 Å². The predicted octanol–water partition coefficient (Wildman–Crippen LogP) is 3.75. The average Bonchev–Trinajstić information content (AvgIpc) is 3.39. The SMILES string of the molecule is CN1CCN(c2ccc(C(=O)Nc3n[nH]c4c3CN(C(=O)Nc3cccnc3Cl)C4(C)C)cc2)CC1. The Kier molecular flexibility index (Phi) is 6.31. The van der Waals surface area contributed by atoms with Crippen LogP contribution in [0.3, 0.4) is 0 Å². The van der Waals surface area contributed by atoms with Crippen LogP contribution in [0.15, 0.2) is 42.6 Å². The molecule has 3 N–H and O–H groups in total. The van der Waals surface area contributed by atoms with E-state index in [0.717, 1.165) is 43.1 Å². The van der Waals surface area contributed by atoms with Crippen LogP contribution in [0.1, 0.15) is 35.5 Å². The van der Waals surface area contributed by atoms with E-state index < -0.39 is 5.54 Å². The molecule has 36 heavy (non-hydrogen) atoms. The minimum atomic E-state index is -0.672. The molecule has 10 nitrogen and oxygen atoms in total. The Morgan fingerprint density at radius 3 is 2.47 bits per heavy atom. The van der Waals surface area contributed by atoms with Crippen LogP contribution in [0.25, 0.3) is 0 Å². The molecular formula is C25H29ClN8O2. The zero-order chi connectivity index (χ0) is 25.4. The molecule has 0 aliphatic carbocycles. The lowest BCUT2D eigenvalue weighted by molar-refractivity contribution is 0.102. The normalized spacial score (nSPS) is 17.1. The lowest BCUT2D eigenvalue weighted by Crippen LogP contribution is -2.44. The van der Waals surface area contributed by atoms with Gasteiger partial charge in [0.25, 0.3) is 5.91 Å². The molecule has 0 atom stereocenters. The minimum Gasteiger partial charge on any atom is -0.369 e. The van der Waals surface area contributed by atoms with Crippen LogP contribution in [0.5, 0.6) is 0 Å². The van der Waals surface area contributed by atoms with E-state index in [9.17, 15) is 9.59 Å². The second-order valence-electron chi connectivity index (χ2n) is 9.63. The van der Waals surface area contributed by atoms with Gasteiger partial charge in [-0.15, -0.1) is 0 Å². The zero-order valence-corrected chi connectivity index (χ0v) is 21.3. The summed E-state index contributed by atoms with van der Waals surface area (Å²) in [6.45, 7) is 8.09. The number of hydrogen-bond donors (Lipinski definition) is 3. The molecule has 1 aromatic carbocycles. The minimum absolute atomic E-state index is 0.217. The third-order valence-electron chi connectivity index (χ3n) is 6.95. The van der Waals surface area contributed by atoms with Crippen molar-refractivity contribution in [2.45, 2.75) is 25.9 Å². The number of carbonyl (C=O) groups excluding carboxylic acids is 2. The number of aromatic nitrogens is 3. The highest BCUT2D eigenvalue weighted by Crippen LogP contribution is 2.41. The summed E-state index contributed by atoms with van der Waals surface area (Å²) in [5.41, 5.74) is 2.96. The van der Waals surface area contributed by atoms with Crippen LogP contribution in [0, 0.1) is 0 Å². The molecule has 2 aliphatic rings. The first-order valence-corrected chi connectivity index (χ1v) is 12.2. The van der Waals surface area contributed by atoms with Gasteiger partial charge in [-0.3, -0.25) is 9.89 Å².